The number of esters is 1. The highest BCUT2D eigenvalue weighted by Gasteiger charge is 2.36. The highest BCUT2D eigenvalue weighted by Crippen LogP contribution is 2.29. The van der Waals surface area contributed by atoms with E-state index in [4.69, 9.17) is 4.74 Å². The molecule has 0 amide bonds. The molecule has 3 rings (SSSR count). The Hall–Kier alpha value is -0.570. The molecule has 3 aliphatic rings. The van der Waals surface area contributed by atoms with Gasteiger partial charge < -0.3 is 4.74 Å². The van der Waals surface area contributed by atoms with E-state index in [0.29, 0.717) is 5.92 Å². The molecule has 2 bridgehead atoms. The lowest BCUT2D eigenvalue weighted by Gasteiger charge is -2.44. The number of ether oxygens (including phenoxy) is 1. The van der Waals surface area contributed by atoms with Crippen molar-refractivity contribution < 1.29 is 9.53 Å². The highest BCUT2D eigenvalue weighted by molar-refractivity contribution is 5.71. The van der Waals surface area contributed by atoms with E-state index in [9.17, 15) is 4.79 Å². The van der Waals surface area contributed by atoms with Crippen LogP contribution in [0.15, 0.2) is 0 Å². The van der Waals surface area contributed by atoms with Gasteiger partial charge in [0.2, 0.25) is 0 Å². The summed E-state index contributed by atoms with van der Waals surface area (Å²) in [5.41, 5.74) is 0. The van der Waals surface area contributed by atoms with Crippen molar-refractivity contribution in [2.24, 2.45) is 11.8 Å². The van der Waals surface area contributed by atoms with Crippen molar-refractivity contribution >= 4 is 5.97 Å². The second-order valence-electron chi connectivity index (χ2n) is 4.77. The Labute approximate surface area is 85.4 Å². The van der Waals surface area contributed by atoms with Crippen molar-refractivity contribution in [2.45, 2.75) is 32.8 Å². The first kappa shape index (κ1) is 9.97. The van der Waals surface area contributed by atoms with Crippen LogP contribution in [0.4, 0.5) is 0 Å². The number of rotatable bonds is 2. The van der Waals surface area contributed by atoms with Gasteiger partial charge in [-0.3, -0.25) is 9.69 Å². The van der Waals surface area contributed by atoms with Crippen LogP contribution in [0.3, 0.4) is 0 Å². The van der Waals surface area contributed by atoms with E-state index in [1.165, 1.54) is 25.9 Å². The van der Waals surface area contributed by atoms with Crippen molar-refractivity contribution in [3.05, 3.63) is 0 Å². The third kappa shape index (κ3) is 1.92. The zero-order valence-corrected chi connectivity index (χ0v) is 9.03. The van der Waals surface area contributed by atoms with E-state index in [1.807, 2.05) is 13.8 Å². The molecule has 0 saturated carbocycles. The van der Waals surface area contributed by atoms with Crippen LogP contribution >= 0.6 is 0 Å². The molecule has 1 atom stereocenters. The number of hydrogen-bond acceptors (Lipinski definition) is 3. The average molecular weight is 197 g/mol. The first-order chi connectivity index (χ1) is 6.66. The molecule has 3 saturated heterocycles. The monoisotopic (exact) mass is 197 g/mol. The van der Waals surface area contributed by atoms with E-state index >= 15 is 0 Å². The lowest BCUT2D eigenvalue weighted by Crippen LogP contribution is -2.52. The number of hydrogen-bond donors (Lipinski definition) is 0. The summed E-state index contributed by atoms with van der Waals surface area (Å²) in [4.78, 5) is 13.8. The predicted octanol–water partition coefficient (Wildman–Crippen LogP) is 1.28. The minimum Gasteiger partial charge on any atom is -0.461 e. The fraction of sp³-hybridized carbons (Fsp3) is 0.909. The van der Waals surface area contributed by atoms with E-state index in [-0.39, 0.29) is 18.0 Å². The lowest BCUT2D eigenvalue weighted by atomic mass is 9.86. The van der Waals surface area contributed by atoms with Crippen LogP contribution in [0.2, 0.25) is 0 Å². The summed E-state index contributed by atoms with van der Waals surface area (Å²) in [6.07, 6.45) is 2.58. The maximum atomic E-state index is 11.4. The molecule has 3 fully saturated rings. The van der Waals surface area contributed by atoms with Gasteiger partial charge in [0.25, 0.3) is 0 Å². The Balaban J connectivity index is 1.90. The first-order valence-corrected chi connectivity index (χ1v) is 5.59. The van der Waals surface area contributed by atoms with E-state index in [0.717, 1.165) is 6.54 Å². The van der Waals surface area contributed by atoms with Crippen LogP contribution in [0, 0.1) is 11.8 Å². The maximum absolute atomic E-state index is 11.4. The Kier molecular flexibility index (Phi) is 2.77. The van der Waals surface area contributed by atoms with Crippen LogP contribution in [0.25, 0.3) is 0 Å². The van der Waals surface area contributed by atoms with Crippen molar-refractivity contribution in [3.8, 4) is 0 Å². The van der Waals surface area contributed by atoms with Gasteiger partial charge in [-0.25, -0.2) is 0 Å². The van der Waals surface area contributed by atoms with Gasteiger partial charge in [0.05, 0.1) is 5.92 Å². The van der Waals surface area contributed by atoms with Gasteiger partial charge >= 0.3 is 5.97 Å². The van der Waals surface area contributed by atoms with Gasteiger partial charge in [-0.2, -0.15) is 0 Å². The van der Waals surface area contributed by atoms with Crippen LogP contribution in [-0.4, -0.2) is 36.6 Å². The van der Waals surface area contributed by atoms with Crippen molar-refractivity contribution in [1.82, 2.24) is 4.90 Å². The van der Waals surface area contributed by atoms with E-state index < -0.39 is 0 Å². The molecule has 1 unspecified atom stereocenters. The average Bonchev–Trinajstić information content (AvgIpc) is 2.19. The molecule has 3 nitrogen and oxygen atoms in total. The normalized spacial score (nSPS) is 36.1. The largest absolute Gasteiger partial charge is 0.461 e. The highest BCUT2D eigenvalue weighted by atomic mass is 16.5. The molecule has 3 heteroatoms. The molecule has 0 aromatic carbocycles. The number of nitrogens with zero attached hydrogens (tertiary/aromatic N) is 1. The zero-order chi connectivity index (χ0) is 10.1. The maximum Gasteiger partial charge on any atom is 0.308 e. The van der Waals surface area contributed by atoms with Crippen LogP contribution < -0.4 is 0 Å². The summed E-state index contributed by atoms with van der Waals surface area (Å²) < 4.78 is 5.51. The summed E-state index contributed by atoms with van der Waals surface area (Å²) in [6.45, 7) is 7.14. The number of piperidine rings is 3. The Morgan fingerprint density at radius 3 is 2.43 bits per heavy atom. The van der Waals surface area contributed by atoms with Crippen LogP contribution in [0.1, 0.15) is 26.7 Å². The first-order valence-electron chi connectivity index (χ1n) is 5.59. The fourth-order valence-corrected chi connectivity index (χ4v) is 2.33. The van der Waals surface area contributed by atoms with Crippen molar-refractivity contribution in [3.63, 3.8) is 0 Å². The van der Waals surface area contributed by atoms with Gasteiger partial charge in [0.1, 0.15) is 6.10 Å². The Morgan fingerprint density at radius 1 is 1.36 bits per heavy atom. The molecule has 3 aliphatic heterocycles. The number of fused-ring (bicyclic) bond motifs is 3. The minimum atomic E-state index is -0.0382. The molecule has 3 heterocycles. The lowest BCUT2D eigenvalue weighted by molar-refractivity contribution is -0.162. The quantitative estimate of drug-likeness (QED) is 0.625. The molecule has 0 N–H and O–H groups in total. The summed E-state index contributed by atoms with van der Waals surface area (Å²) in [5.74, 6) is 0.594. The molecular weight excluding hydrogens is 178 g/mol. The fourth-order valence-electron chi connectivity index (χ4n) is 2.33. The Morgan fingerprint density at radius 2 is 2.00 bits per heavy atom. The molecule has 0 radical (unpaired) electrons. The zero-order valence-electron chi connectivity index (χ0n) is 9.03. The molecule has 0 aromatic heterocycles. The molecule has 0 aromatic rings. The summed E-state index contributed by atoms with van der Waals surface area (Å²) in [7, 11) is 0. The molecule has 80 valence electrons. The van der Waals surface area contributed by atoms with E-state index in [1.54, 1.807) is 0 Å². The molecule has 0 spiro atoms. The van der Waals surface area contributed by atoms with Gasteiger partial charge in [0, 0.05) is 6.54 Å². The van der Waals surface area contributed by atoms with Gasteiger partial charge in [-0.05, 0) is 31.8 Å². The number of carbonyl (C=O) groups is 1. The predicted molar refractivity (Wildman–Crippen MR) is 53.9 cm³/mol. The number of carbonyl (C=O) groups excluding carboxylic acids is 1. The van der Waals surface area contributed by atoms with E-state index in [2.05, 4.69) is 4.90 Å². The Bertz CT molecular complexity index is 219. The third-order valence-electron chi connectivity index (χ3n) is 3.34. The van der Waals surface area contributed by atoms with Crippen LogP contribution in [0.5, 0.6) is 0 Å². The van der Waals surface area contributed by atoms with Gasteiger partial charge in [0.15, 0.2) is 0 Å². The standard InChI is InChI=1S/C11H19NO2/c1-8(2)11(13)14-10-7-12-5-3-9(10)4-6-12/h8-10H,3-7H2,1-2H3. The third-order valence-corrected chi connectivity index (χ3v) is 3.34. The second-order valence-corrected chi connectivity index (χ2v) is 4.77. The van der Waals surface area contributed by atoms with Gasteiger partial charge in [-0.1, -0.05) is 13.8 Å². The molecular formula is C11H19NO2. The van der Waals surface area contributed by atoms with Gasteiger partial charge in [-0.15, -0.1) is 0 Å². The second kappa shape index (κ2) is 3.89. The smallest absolute Gasteiger partial charge is 0.308 e. The SMILES string of the molecule is CC(C)C(=O)OC1CN2CCC1CC2. The summed E-state index contributed by atoms with van der Waals surface area (Å²) in [5, 5.41) is 0. The minimum absolute atomic E-state index is 0.00505. The summed E-state index contributed by atoms with van der Waals surface area (Å²) in [6, 6.07) is 0. The molecule has 0 aliphatic carbocycles. The topological polar surface area (TPSA) is 29.5 Å². The van der Waals surface area contributed by atoms with Crippen molar-refractivity contribution in [1.29, 1.82) is 0 Å². The summed E-state index contributed by atoms with van der Waals surface area (Å²) >= 11 is 0. The molecule has 14 heavy (non-hydrogen) atoms. The van der Waals surface area contributed by atoms with Crippen molar-refractivity contribution in [2.75, 3.05) is 19.6 Å². The van der Waals surface area contributed by atoms with Crippen LogP contribution in [-0.2, 0) is 9.53 Å².